The zero-order valence-electron chi connectivity index (χ0n) is 17.7. The number of thioether (sulfide) groups is 1. The van der Waals surface area contributed by atoms with Crippen LogP contribution < -0.4 is 4.90 Å². The number of aromatic nitrogens is 2. The van der Waals surface area contributed by atoms with Crippen LogP contribution in [0.15, 0.2) is 11.2 Å². The second-order valence-corrected chi connectivity index (χ2v) is 10.1. The van der Waals surface area contributed by atoms with Crippen molar-refractivity contribution < 1.29 is 9.59 Å². The molecule has 2 saturated heterocycles. The molecule has 2 aliphatic rings. The Labute approximate surface area is 182 Å². The van der Waals surface area contributed by atoms with Gasteiger partial charge in [-0.3, -0.25) is 9.59 Å². The van der Waals surface area contributed by atoms with Gasteiger partial charge >= 0.3 is 0 Å². The molecule has 29 heavy (non-hydrogen) atoms. The molecule has 0 bridgehead atoms. The summed E-state index contributed by atoms with van der Waals surface area (Å²) in [4.78, 5) is 39.8. The molecule has 9 heteroatoms. The molecule has 160 valence electrons. The van der Waals surface area contributed by atoms with E-state index in [1.54, 1.807) is 6.07 Å². The van der Waals surface area contributed by atoms with E-state index >= 15 is 0 Å². The molecule has 0 radical (unpaired) electrons. The van der Waals surface area contributed by atoms with Crippen LogP contribution in [0.1, 0.15) is 40.5 Å². The lowest BCUT2D eigenvalue weighted by Gasteiger charge is -2.42. The first kappa shape index (κ1) is 22.2. The van der Waals surface area contributed by atoms with Gasteiger partial charge in [-0.1, -0.05) is 44.1 Å². The van der Waals surface area contributed by atoms with Gasteiger partial charge in [-0.15, -0.1) is 0 Å². The minimum Gasteiger partial charge on any atom is -0.353 e. The average molecular weight is 440 g/mol. The molecular formula is C20H30ClN5O2S. The highest BCUT2D eigenvalue weighted by Gasteiger charge is 2.34. The van der Waals surface area contributed by atoms with Gasteiger partial charge in [0, 0.05) is 50.2 Å². The Balaban J connectivity index is 1.64. The molecule has 2 aliphatic heterocycles. The third-order valence-corrected chi connectivity index (χ3v) is 6.32. The first-order chi connectivity index (χ1) is 13.6. The first-order valence-corrected chi connectivity index (χ1v) is 11.5. The van der Waals surface area contributed by atoms with Crippen LogP contribution in [-0.4, -0.2) is 76.1 Å². The Morgan fingerprint density at radius 3 is 2.48 bits per heavy atom. The Morgan fingerprint density at radius 1 is 1.17 bits per heavy atom. The number of anilines is 1. The smallest absolute Gasteiger partial charge is 0.233 e. The van der Waals surface area contributed by atoms with E-state index in [1.165, 1.54) is 11.8 Å². The molecule has 2 amide bonds. The fourth-order valence-corrected chi connectivity index (χ4v) is 4.68. The summed E-state index contributed by atoms with van der Waals surface area (Å²) in [6.45, 7) is 11.6. The highest BCUT2D eigenvalue weighted by atomic mass is 35.5. The zero-order chi connectivity index (χ0) is 21.2. The van der Waals surface area contributed by atoms with E-state index in [-0.39, 0.29) is 23.3 Å². The topological polar surface area (TPSA) is 69.6 Å². The van der Waals surface area contributed by atoms with E-state index in [1.807, 2.05) is 30.6 Å². The fraction of sp³-hybridized carbons (Fsp3) is 0.700. The Morgan fingerprint density at radius 2 is 1.86 bits per heavy atom. The highest BCUT2D eigenvalue weighted by molar-refractivity contribution is 7.99. The number of hydrogen-bond donors (Lipinski definition) is 0. The molecule has 0 saturated carbocycles. The maximum atomic E-state index is 12.7. The molecule has 1 aromatic heterocycles. The van der Waals surface area contributed by atoms with Crippen LogP contribution in [0.4, 0.5) is 5.82 Å². The number of piperazine rings is 1. The van der Waals surface area contributed by atoms with Gasteiger partial charge in [0.25, 0.3) is 0 Å². The number of halogens is 1. The van der Waals surface area contributed by atoms with Crippen molar-refractivity contribution in [1.82, 2.24) is 19.8 Å². The quantitative estimate of drug-likeness (QED) is 0.408. The summed E-state index contributed by atoms with van der Waals surface area (Å²) in [6.07, 6.45) is 2.16. The highest BCUT2D eigenvalue weighted by Crippen LogP contribution is 2.26. The van der Waals surface area contributed by atoms with Crippen LogP contribution in [0.25, 0.3) is 0 Å². The molecule has 0 spiro atoms. The van der Waals surface area contributed by atoms with Crippen LogP contribution in [0.2, 0.25) is 5.15 Å². The van der Waals surface area contributed by atoms with E-state index in [9.17, 15) is 9.59 Å². The predicted octanol–water partition coefficient (Wildman–Crippen LogP) is 2.93. The van der Waals surface area contributed by atoms with Crippen molar-refractivity contribution in [2.45, 2.75) is 51.7 Å². The Bertz CT molecular complexity index is 764. The maximum absolute atomic E-state index is 12.7. The summed E-state index contributed by atoms with van der Waals surface area (Å²) in [7, 11) is 0. The lowest BCUT2D eigenvalue weighted by atomic mass is 9.93. The normalized spacial score (nSPS) is 20.3. The van der Waals surface area contributed by atoms with Gasteiger partial charge in [0.2, 0.25) is 11.8 Å². The monoisotopic (exact) mass is 439 g/mol. The van der Waals surface area contributed by atoms with Gasteiger partial charge < -0.3 is 14.7 Å². The summed E-state index contributed by atoms with van der Waals surface area (Å²) >= 11 is 7.56. The van der Waals surface area contributed by atoms with Crippen molar-refractivity contribution in [3.63, 3.8) is 0 Å². The molecule has 3 heterocycles. The Kier molecular flexibility index (Phi) is 6.94. The van der Waals surface area contributed by atoms with Crippen LogP contribution in [-0.2, 0) is 9.59 Å². The fourth-order valence-electron chi connectivity index (χ4n) is 3.69. The standard InChI is InChI=1S/C20H30ClN5O2S/c1-14-12-25(9-10-26(14)18(28)20(2,3)4)16-11-15(21)22-19(23-16)29-13-17(27)24-7-5-6-8-24/h11,14H,5-10,12-13H2,1-4H3. The predicted molar refractivity (Wildman–Crippen MR) is 116 cm³/mol. The molecular weight excluding hydrogens is 410 g/mol. The maximum Gasteiger partial charge on any atom is 0.233 e. The molecule has 1 unspecified atom stereocenters. The van der Waals surface area contributed by atoms with Crippen LogP contribution in [0, 0.1) is 5.41 Å². The van der Waals surface area contributed by atoms with Crippen LogP contribution in [0.3, 0.4) is 0 Å². The second-order valence-electron chi connectivity index (χ2n) is 8.75. The molecule has 0 aromatic carbocycles. The van der Waals surface area contributed by atoms with Gasteiger partial charge in [-0.05, 0) is 19.8 Å². The molecule has 3 rings (SSSR count). The Hall–Kier alpha value is -1.54. The molecule has 1 atom stereocenters. The largest absolute Gasteiger partial charge is 0.353 e. The molecule has 7 nitrogen and oxygen atoms in total. The summed E-state index contributed by atoms with van der Waals surface area (Å²) in [6, 6.07) is 1.83. The van der Waals surface area contributed by atoms with Crippen molar-refractivity contribution in [2.75, 3.05) is 43.4 Å². The van der Waals surface area contributed by atoms with E-state index in [0.717, 1.165) is 31.7 Å². The van der Waals surface area contributed by atoms with Crippen molar-refractivity contribution in [3.05, 3.63) is 11.2 Å². The number of carbonyl (C=O) groups excluding carboxylic acids is 2. The summed E-state index contributed by atoms with van der Waals surface area (Å²) in [5, 5.41) is 0.882. The van der Waals surface area contributed by atoms with Gasteiger partial charge in [-0.2, -0.15) is 0 Å². The summed E-state index contributed by atoms with van der Waals surface area (Å²) < 4.78 is 0. The van der Waals surface area contributed by atoms with Crippen molar-refractivity contribution in [1.29, 1.82) is 0 Å². The average Bonchev–Trinajstić information content (AvgIpc) is 3.19. The lowest BCUT2D eigenvalue weighted by Crippen LogP contribution is -2.56. The van der Waals surface area contributed by atoms with E-state index < -0.39 is 0 Å². The van der Waals surface area contributed by atoms with Gasteiger partial charge in [0.15, 0.2) is 5.16 Å². The first-order valence-electron chi connectivity index (χ1n) is 10.2. The van der Waals surface area contributed by atoms with E-state index in [4.69, 9.17) is 11.6 Å². The number of likely N-dealkylation sites (tertiary alicyclic amines) is 1. The molecule has 1 aromatic rings. The third kappa shape index (κ3) is 5.54. The number of hydrogen-bond acceptors (Lipinski definition) is 6. The van der Waals surface area contributed by atoms with Gasteiger partial charge in [0.1, 0.15) is 11.0 Å². The number of carbonyl (C=O) groups is 2. The zero-order valence-corrected chi connectivity index (χ0v) is 19.2. The molecule has 0 N–H and O–H groups in total. The van der Waals surface area contributed by atoms with E-state index in [0.29, 0.717) is 35.7 Å². The summed E-state index contributed by atoms with van der Waals surface area (Å²) in [5.41, 5.74) is -0.389. The van der Waals surface area contributed by atoms with Gasteiger partial charge in [0.05, 0.1) is 5.75 Å². The van der Waals surface area contributed by atoms with Crippen molar-refractivity contribution in [3.8, 4) is 0 Å². The second kappa shape index (κ2) is 9.08. The van der Waals surface area contributed by atoms with Crippen LogP contribution in [0.5, 0.6) is 0 Å². The van der Waals surface area contributed by atoms with Crippen LogP contribution >= 0.6 is 23.4 Å². The number of nitrogens with zero attached hydrogens (tertiary/aromatic N) is 5. The minimum absolute atomic E-state index is 0.0806. The van der Waals surface area contributed by atoms with Crippen molar-refractivity contribution in [2.24, 2.45) is 5.41 Å². The number of amides is 2. The lowest BCUT2D eigenvalue weighted by molar-refractivity contribution is -0.142. The minimum atomic E-state index is -0.389. The third-order valence-electron chi connectivity index (χ3n) is 5.30. The summed E-state index contributed by atoms with van der Waals surface area (Å²) in [5.74, 6) is 1.36. The SMILES string of the molecule is CC1CN(c2cc(Cl)nc(SCC(=O)N3CCCC3)n2)CCN1C(=O)C(C)(C)C. The molecule has 2 fully saturated rings. The van der Waals surface area contributed by atoms with E-state index in [2.05, 4.69) is 21.8 Å². The van der Waals surface area contributed by atoms with Crippen molar-refractivity contribution >= 4 is 41.0 Å². The molecule has 0 aliphatic carbocycles. The van der Waals surface area contributed by atoms with Gasteiger partial charge in [-0.25, -0.2) is 9.97 Å². The number of rotatable bonds is 4.